The lowest BCUT2D eigenvalue weighted by Crippen LogP contribution is -2.45. The van der Waals surface area contributed by atoms with Gasteiger partial charge in [-0.1, -0.05) is 24.6 Å². The Morgan fingerprint density at radius 2 is 2.20 bits per heavy atom. The first kappa shape index (κ1) is 22.3. The van der Waals surface area contributed by atoms with Crippen LogP contribution in [0.4, 0.5) is 5.69 Å². The summed E-state index contributed by atoms with van der Waals surface area (Å²) in [5, 5.41) is 7.16. The van der Waals surface area contributed by atoms with Gasteiger partial charge in [0.05, 0.1) is 5.75 Å². The average Bonchev–Trinajstić information content (AvgIpc) is 3.02. The number of nitrogens with one attached hydrogen (secondary N) is 2. The quantitative estimate of drug-likeness (QED) is 0.356. The molecule has 0 spiro atoms. The molecule has 142 valence electrons. The van der Waals surface area contributed by atoms with Crippen LogP contribution in [-0.4, -0.2) is 58.6 Å². The number of rotatable bonds is 6. The highest BCUT2D eigenvalue weighted by Crippen LogP contribution is 2.23. The highest BCUT2D eigenvalue weighted by atomic mass is 127. The first-order valence-corrected chi connectivity index (χ1v) is 10.3. The molecule has 0 aliphatic carbocycles. The molecule has 9 heteroatoms. The smallest absolute Gasteiger partial charge is 0.191 e. The number of sulfone groups is 1. The molecule has 6 nitrogen and oxygen atoms in total. The third-order valence-electron chi connectivity index (χ3n) is 4.07. The number of anilines is 1. The number of halogens is 2. The number of benzene rings is 1. The predicted molar refractivity (Wildman–Crippen MR) is 116 cm³/mol. The lowest BCUT2D eigenvalue weighted by atomic mass is 10.3. The normalized spacial score (nSPS) is 18.0. The molecular formula is C16H26ClIN4O2S. The molecule has 0 aromatic heterocycles. The number of guanidine groups is 1. The zero-order valence-electron chi connectivity index (χ0n) is 14.5. The van der Waals surface area contributed by atoms with Crippen molar-refractivity contribution >= 4 is 57.1 Å². The Bertz CT molecular complexity index is 684. The van der Waals surface area contributed by atoms with Crippen LogP contribution >= 0.6 is 35.6 Å². The Kier molecular flexibility index (Phi) is 9.29. The van der Waals surface area contributed by atoms with Crippen molar-refractivity contribution in [2.75, 3.05) is 43.1 Å². The van der Waals surface area contributed by atoms with Crippen molar-refractivity contribution in [3.8, 4) is 0 Å². The van der Waals surface area contributed by atoms with Crippen LogP contribution in [0.2, 0.25) is 5.02 Å². The number of hydrogen-bond donors (Lipinski definition) is 2. The highest BCUT2D eigenvalue weighted by Gasteiger charge is 2.23. The Labute approximate surface area is 172 Å². The monoisotopic (exact) mass is 500 g/mol. The molecule has 1 aromatic carbocycles. The largest absolute Gasteiger partial charge is 0.369 e. The van der Waals surface area contributed by atoms with Crippen molar-refractivity contribution in [1.29, 1.82) is 0 Å². The molecule has 1 aliphatic rings. The minimum Gasteiger partial charge on any atom is -0.369 e. The molecule has 1 aromatic rings. The molecule has 1 heterocycles. The maximum Gasteiger partial charge on any atom is 0.191 e. The summed E-state index contributed by atoms with van der Waals surface area (Å²) in [5.74, 6) is 0.917. The van der Waals surface area contributed by atoms with Gasteiger partial charge in [-0.05, 0) is 24.6 Å². The van der Waals surface area contributed by atoms with E-state index in [0.29, 0.717) is 12.5 Å². The summed E-state index contributed by atoms with van der Waals surface area (Å²) in [6.07, 6.45) is 0.987. The SMILES string of the molecule is CCS(=O)(=O)CCNC(=NC)NC1CCN(c2cccc(Cl)c2)C1.I. The van der Waals surface area contributed by atoms with Crippen LogP contribution in [0.25, 0.3) is 0 Å². The summed E-state index contributed by atoms with van der Waals surface area (Å²) in [5.41, 5.74) is 1.11. The maximum atomic E-state index is 11.5. The zero-order chi connectivity index (χ0) is 17.6. The molecule has 1 fully saturated rings. The summed E-state index contributed by atoms with van der Waals surface area (Å²) >= 11 is 6.05. The van der Waals surface area contributed by atoms with Crippen molar-refractivity contribution in [1.82, 2.24) is 10.6 Å². The third-order valence-corrected chi connectivity index (χ3v) is 6.01. The molecule has 0 amide bonds. The van der Waals surface area contributed by atoms with Gasteiger partial charge >= 0.3 is 0 Å². The van der Waals surface area contributed by atoms with Crippen LogP contribution < -0.4 is 15.5 Å². The van der Waals surface area contributed by atoms with Crippen molar-refractivity contribution < 1.29 is 8.42 Å². The van der Waals surface area contributed by atoms with Gasteiger partial charge in [0.1, 0.15) is 0 Å². The maximum absolute atomic E-state index is 11.5. The van der Waals surface area contributed by atoms with Gasteiger partial charge in [0, 0.05) is 49.2 Å². The minimum atomic E-state index is -2.97. The van der Waals surface area contributed by atoms with Crippen molar-refractivity contribution in [3.05, 3.63) is 29.3 Å². The first-order valence-electron chi connectivity index (χ1n) is 8.11. The molecule has 1 atom stereocenters. The van der Waals surface area contributed by atoms with E-state index < -0.39 is 9.84 Å². The van der Waals surface area contributed by atoms with Crippen LogP contribution in [0.15, 0.2) is 29.3 Å². The second-order valence-corrected chi connectivity index (χ2v) is 8.70. The molecule has 25 heavy (non-hydrogen) atoms. The predicted octanol–water partition coefficient (Wildman–Crippen LogP) is 2.14. The van der Waals surface area contributed by atoms with Crippen molar-refractivity contribution in [3.63, 3.8) is 0 Å². The Morgan fingerprint density at radius 3 is 2.84 bits per heavy atom. The van der Waals surface area contributed by atoms with Crippen LogP contribution in [0, 0.1) is 0 Å². The Morgan fingerprint density at radius 1 is 1.44 bits per heavy atom. The van der Waals surface area contributed by atoms with E-state index in [9.17, 15) is 8.42 Å². The van der Waals surface area contributed by atoms with E-state index in [0.717, 1.165) is 30.2 Å². The number of hydrogen-bond acceptors (Lipinski definition) is 4. The molecule has 2 rings (SSSR count). The van der Waals surface area contributed by atoms with E-state index in [1.54, 1.807) is 14.0 Å². The van der Waals surface area contributed by atoms with Gasteiger partial charge in [0.15, 0.2) is 15.8 Å². The molecule has 1 aliphatic heterocycles. The minimum absolute atomic E-state index is 0. The second-order valence-electron chi connectivity index (χ2n) is 5.79. The molecule has 2 N–H and O–H groups in total. The van der Waals surface area contributed by atoms with E-state index in [-0.39, 0.29) is 41.5 Å². The van der Waals surface area contributed by atoms with Gasteiger partial charge in [-0.3, -0.25) is 4.99 Å². The Hall–Kier alpha value is -0.740. The average molecular weight is 501 g/mol. The summed E-state index contributed by atoms with van der Waals surface area (Å²) in [6.45, 7) is 3.82. The molecule has 0 saturated carbocycles. The van der Waals surface area contributed by atoms with Crippen LogP contribution in [0.3, 0.4) is 0 Å². The lowest BCUT2D eigenvalue weighted by Gasteiger charge is -2.20. The lowest BCUT2D eigenvalue weighted by molar-refractivity contribution is 0.595. The van der Waals surface area contributed by atoms with Crippen molar-refractivity contribution in [2.45, 2.75) is 19.4 Å². The fraction of sp³-hybridized carbons (Fsp3) is 0.562. The summed E-state index contributed by atoms with van der Waals surface area (Å²) in [6, 6.07) is 8.10. The van der Waals surface area contributed by atoms with Gasteiger partial charge in [-0.25, -0.2) is 8.42 Å². The zero-order valence-corrected chi connectivity index (χ0v) is 18.4. The van der Waals surface area contributed by atoms with Crippen molar-refractivity contribution in [2.24, 2.45) is 4.99 Å². The van der Waals surface area contributed by atoms with Crippen LogP contribution in [0.1, 0.15) is 13.3 Å². The first-order chi connectivity index (χ1) is 11.4. The van der Waals surface area contributed by atoms with E-state index in [2.05, 4.69) is 26.6 Å². The van der Waals surface area contributed by atoms with E-state index in [1.807, 2.05) is 18.2 Å². The topological polar surface area (TPSA) is 73.8 Å². The summed E-state index contributed by atoms with van der Waals surface area (Å²) in [7, 11) is -1.28. The van der Waals surface area contributed by atoms with E-state index in [1.165, 1.54) is 0 Å². The van der Waals surface area contributed by atoms with Crippen LogP contribution in [0.5, 0.6) is 0 Å². The number of aliphatic imine (C=N–C) groups is 1. The Balaban J connectivity index is 0.00000312. The van der Waals surface area contributed by atoms with Gasteiger partial charge in [0.2, 0.25) is 0 Å². The highest BCUT2D eigenvalue weighted by molar-refractivity contribution is 14.0. The number of nitrogens with zero attached hydrogens (tertiary/aromatic N) is 2. The van der Waals surface area contributed by atoms with E-state index in [4.69, 9.17) is 11.6 Å². The van der Waals surface area contributed by atoms with E-state index >= 15 is 0 Å². The second kappa shape index (κ2) is 10.4. The third kappa shape index (κ3) is 7.18. The fourth-order valence-corrected chi connectivity index (χ4v) is 3.53. The molecule has 1 saturated heterocycles. The standard InChI is InChI=1S/C16H25ClN4O2S.HI/c1-3-24(22,23)10-8-19-16(18-2)20-14-7-9-21(12-14)15-6-4-5-13(17)11-15;/h4-6,11,14H,3,7-10,12H2,1-2H3,(H2,18,19,20);1H. The molecule has 0 radical (unpaired) electrons. The molecular weight excluding hydrogens is 475 g/mol. The van der Waals surface area contributed by atoms with Gasteiger partial charge in [-0.2, -0.15) is 0 Å². The summed E-state index contributed by atoms with van der Waals surface area (Å²) in [4.78, 5) is 6.44. The van der Waals surface area contributed by atoms with Gasteiger partial charge in [0.25, 0.3) is 0 Å². The summed E-state index contributed by atoms with van der Waals surface area (Å²) < 4.78 is 23.0. The van der Waals surface area contributed by atoms with Crippen LogP contribution in [-0.2, 0) is 9.84 Å². The van der Waals surface area contributed by atoms with Gasteiger partial charge in [-0.15, -0.1) is 24.0 Å². The molecule has 0 bridgehead atoms. The fourth-order valence-electron chi connectivity index (χ4n) is 2.64. The van der Waals surface area contributed by atoms with Gasteiger partial charge < -0.3 is 15.5 Å². The molecule has 1 unspecified atom stereocenters.